The normalized spacial score (nSPS) is 12.5. The van der Waals surface area contributed by atoms with Gasteiger partial charge in [-0.1, -0.05) is 42.1 Å². The minimum absolute atomic E-state index is 0.0642. The zero-order chi connectivity index (χ0) is 18.8. The van der Waals surface area contributed by atoms with Gasteiger partial charge in [0.05, 0.1) is 11.5 Å². The molecule has 27 heavy (non-hydrogen) atoms. The molecule has 1 atom stereocenters. The molecule has 5 nitrogen and oxygen atoms in total. The van der Waals surface area contributed by atoms with Gasteiger partial charge in [-0.25, -0.2) is 4.98 Å². The molecule has 0 aliphatic carbocycles. The SMILES string of the molecule is Cn1c(SC[C@H](O)COc2ccc3ccccc3c2)nc2sccc2c1=O. The summed E-state index contributed by atoms with van der Waals surface area (Å²) in [6, 6.07) is 15.7. The largest absolute Gasteiger partial charge is 0.491 e. The molecule has 4 rings (SSSR count). The van der Waals surface area contributed by atoms with Crippen LogP contribution >= 0.6 is 23.1 Å². The first kappa shape index (κ1) is 18.0. The van der Waals surface area contributed by atoms with Crippen molar-refractivity contribution in [2.75, 3.05) is 12.4 Å². The molecule has 2 heterocycles. The predicted octanol–water partition coefficient (Wildman–Crippen LogP) is 3.68. The standard InChI is InChI=1S/C20H18N2O3S2/c1-22-19(24)17-8-9-26-18(17)21-20(22)27-12-15(23)11-25-16-7-6-13-4-2-3-5-14(13)10-16/h2-10,15,23H,11-12H2,1H3/t15-/m1/s1. The first-order chi connectivity index (χ1) is 13.1. The molecule has 1 N–H and O–H groups in total. The molecule has 0 saturated heterocycles. The Bertz CT molecular complexity index is 1150. The second-order valence-electron chi connectivity index (χ2n) is 6.18. The van der Waals surface area contributed by atoms with E-state index in [1.807, 2.05) is 47.8 Å². The van der Waals surface area contributed by atoms with Gasteiger partial charge in [0.2, 0.25) is 0 Å². The summed E-state index contributed by atoms with van der Waals surface area (Å²) in [5.74, 6) is 1.12. The molecule has 0 aliphatic heterocycles. The van der Waals surface area contributed by atoms with Crippen molar-refractivity contribution in [3.8, 4) is 5.75 Å². The monoisotopic (exact) mass is 398 g/mol. The number of thioether (sulfide) groups is 1. The van der Waals surface area contributed by atoms with E-state index >= 15 is 0 Å². The van der Waals surface area contributed by atoms with Crippen LogP contribution in [0.15, 0.2) is 63.9 Å². The highest BCUT2D eigenvalue weighted by Gasteiger charge is 2.13. The first-order valence-electron chi connectivity index (χ1n) is 8.48. The average molecular weight is 399 g/mol. The van der Waals surface area contributed by atoms with Crippen LogP contribution in [0.1, 0.15) is 0 Å². The van der Waals surface area contributed by atoms with Crippen LogP contribution in [-0.4, -0.2) is 33.1 Å². The minimum atomic E-state index is -0.669. The van der Waals surface area contributed by atoms with E-state index in [2.05, 4.69) is 4.98 Å². The second kappa shape index (κ2) is 7.72. The van der Waals surface area contributed by atoms with Crippen LogP contribution in [0.4, 0.5) is 0 Å². The van der Waals surface area contributed by atoms with E-state index in [0.29, 0.717) is 16.3 Å². The lowest BCUT2D eigenvalue weighted by atomic mass is 10.1. The number of nitrogens with zero attached hydrogens (tertiary/aromatic N) is 2. The van der Waals surface area contributed by atoms with Gasteiger partial charge in [-0.15, -0.1) is 11.3 Å². The van der Waals surface area contributed by atoms with Crippen molar-refractivity contribution in [3.05, 3.63) is 64.3 Å². The Hall–Kier alpha value is -2.35. The fourth-order valence-electron chi connectivity index (χ4n) is 2.78. The van der Waals surface area contributed by atoms with Gasteiger partial charge in [0.15, 0.2) is 5.16 Å². The number of thiophene rings is 1. The molecule has 0 spiro atoms. The van der Waals surface area contributed by atoms with E-state index in [4.69, 9.17) is 4.74 Å². The van der Waals surface area contributed by atoms with Gasteiger partial charge in [0.25, 0.3) is 5.56 Å². The predicted molar refractivity (Wildman–Crippen MR) is 111 cm³/mol. The molecule has 0 unspecified atom stereocenters. The average Bonchev–Trinajstić information content (AvgIpc) is 3.16. The minimum Gasteiger partial charge on any atom is -0.491 e. The summed E-state index contributed by atoms with van der Waals surface area (Å²) in [6.07, 6.45) is -0.669. The van der Waals surface area contributed by atoms with E-state index in [0.717, 1.165) is 21.4 Å². The fourth-order valence-corrected chi connectivity index (χ4v) is 4.46. The van der Waals surface area contributed by atoms with Gasteiger partial charge in [0.1, 0.15) is 17.2 Å². The molecule has 138 valence electrons. The molecule has 0 saturated carbocycles. The van der Waals surface area contributed by atoms with Gasteiger partial charge < -0.3 is 9.84 Å². The van der Waals surface area contributed by atoms with Crippen molar-refractivity contribution < 1.29 is 9.84 Å². The molecule has 4 aromatic rings. The maximum atomic E-state index is 12.3. The summed E-state index contributed by atoms with van der Waals surface area (Å²) in [5, 5.41) is 15.6. The Kier molecular flexibility index (Phi) is 5.15. The first-order valence-corrected chi connectivity index (χ1v) is 10.3. The van der Waals surface area contributed by atoms with Gasteiger partial charge in [-0.2, -0.15) is 0 Å². The van der Waals surface area contributed by atoms with Crippen molar-refractivity contribution in [2.24, 2.45) is 7.05 Å². The second-order valence-corrected chi connectivity index (χ2v) is 8.06. The zero-order valence-electron chi connectivity index (χ0n) is 14.7. The fraction of sp³-hybridized carbons (Fsp3) is 0.200. The topological polar surface area (TPSA) is 64.3 Å². The third-order valence-electron chi connectivity index (χ3n) is 4.23. The van der Waals surface area contributed by atoms with Crippen molar-refractivity contribution in [2.45, 2.75) is 11.3 Å². The number of ether oxygens (including phenoxy) is 1. The Labute approximate surface area is 164 Å². The van der Waals surface area contributed by atoms with E-state index in [9.17, 15) is 9.90 Å². The number of hydrogen-bond donors (Lipinski definition) is 1. The summed E-state index contributed by atoms with van der Waals surface area (Å²) in [6.45, 7) is 0.181. The number of aliphatic hydroxyl groups excluding tert-OH is 1. The van der Waals surface area contributed by atoms with Gasteiger partial charge in [-0.05, 0) is 34.4 Å². The number of aliphatic hydroxyl groups is 1. The number of rotatable bonds is 6. The molecule has 0 bridgehead atoms. The maximum Gasteiger partial charge on any atom is 0.262 e. The smallest absolute Gasteiger partial charge is 0.262 e. The third-order valence-corrected chi connectivity index (χ3v) is 6.21. The Morgan fingerprint density at radius 3 is 2.89 bits per heavy atom. The van der Waals surface area contributed by atoms with Crippen LogP contribution in [0.5, 0.6) is 5.75 Å². The summed E-state index contributed by atoms with van der Waals surface area (Å²) in [5.41, 5.74) is -0.0642. The molecule has 2 aromatic heterocycles. The van der Waals surface area contributed by atoms with E-state index < -0.39 is 6.10 Å². The third kappa shape index (κ3) is 3.85. The molecule has 7 heteroatoms. The summed E-state index contributed by atoms with van der Waals surface area (Å²) in [7, 11) is 1.70. The van der Waals surface area contributed by atoms with Gasteiger partial charge >= 0.3 is 0 Å². The highest BCUT2D eigenvalue weighted by Crippen LogP contribution is 2.23. The van der Waals surface area contributed by atoms with Crippen LogP contribution in [0.2, 0.25) is 0 Å². The highest BCUT2D eigenvalue weighted by molar-refractivity contribution is 7.99. The van der Waals surface area contributed by atoms with Crippen LogP contribution in [-0.2, 0) is 7.05 Å². The molecular formula is C20H18N2O3S2. The molecule has 0 fully saturated rings. The van der Waals surface area contributed by atoms with Crippen LogP contribution in [0.25, 0.3) is 21.0 Å². The quantitative estimate of drug-likeness (QED) is 0.396. The van der Waals surface area contributed by atoms with Crippen LogP contribution in [0, 0.1) is 0 Å². The number of aromatic nitrogens is 2. The van der Waals surface area contributed by atoms with Crippen LogP contribution < -0.4 is 10.3 Å². The van der Waals surface area contributed by atoms with Crippen molar-refractivity contribution in [1.82, 2.24) is 9.55 Å². The lowest BCUT2D eigenvalue weighted by molar-refractivity contribution is 0.126. The number of hydrogen-bond acceptors (Lipinski definition) is 6. The highest BCUT2D eigenvalue weighted by atomic mass is 32.2. The van der Waals surface area contributed by atoms with E-state index in [1.165, 1.54) is 27.7 Å². The van der Waals surface area contributed by atoms with Crippen molar-refractivity contribution >= 4 is 44.1 Å². The molecular weight excluding hydrogens is 380 g/mol. The summed E-state index contributed by atoms with van der Waals surface area (Å²) in [4.78, 5) is 17.5. The molecule has 0 aliphatic rings. The van der Waals surface area contributed by atoms with Crippen molar-refractivity contribution in [3.63, 3.8) is 0 Å². The Morgan fingerprint density at radius 1 is 1.22 bits per heavy atom. The number of benzene rings is 2. The molecule has 2 aromatic carbocycles. The number of fused-ring (bicyclic) bond motifs is 2. The Balaban J connectivity index is 1.38. The lowest BCUT2D eigenvalue weighted by Gasteiger charge is -2.13. The Morgan fingerprint density at radius 2 is 2.04 bits per heavy atom. The van der Waals surface area contributed by atoms with Crippen LogP contribution in [0.3, 0.4) is 0 Å². The summed E-state index contributed by atoms with van der Waals surface area (Å²) < 4.78 is 7.25. The summed E-state index contributed by atoms with van der Waals surface area (Å²) >= 11 is 2.80. The van der Waals surface area contributed by atoms with E-state index in [1.54, 1.807) is 13.1 Å². The van der Waals surface area contributed by atoms with Gasteiger partial charge in [0, 0.05) is 12.8 Å². The zero-order valence-corrected chi connectivity index (χ0v) is 16.3. The molecule has 0 radical (unpaired) electrons. The molecule has 0 amide bonds. The lowest BCUT2D eigenvalue weighted by Crippen LogP contribution is -2.23. The van der Waals surface area contributed by atoms with E-state index in [-0.39, 0.29) is 12.2 Å². The van der Waals surface area contributed by atoms with Gasteiger partial charge in [-0.3, -0.25) is 9.36 Å². The maximum absolute atomic E-state index is 12.3. The van der Waals surface area contributed by atoms with Crippen molar-refractivity contribution in [1.29, 1.82) is 0 Å².